The summed E-state index contributed by atoms with van der Waals surface area (Å²) < 4.78 is 0. The Morgan fingerprint density at radius 3 is 2.48 bits per heavy atom. The highest BCUT2D eigenvalue weighted by atomic mass is 16.3. The summed E-state index contributed by atoms with van der Waals surface area (Å²) in [4.78, 5) is 6.61. The number of benzene rings is 1. The van der Waals surface area contributed by atoms with E-state index in [2.05, 4.69) is 28.9 Å². The van der Waals surface area contributed by atoms with Crippen molar-refractivity contribution in [3.8, 4) is 5.75 Å². The minimum Gasteiger partial charge on any atom is -0.508 e. The molecular formula is C21H31N3O. The smallest absolute Gasteiger partial charge is 0.126 e. The number of phenols is 1. The Bertz CT molecular complexity index is 711. The lowest BCUT2D eigenvalue weighted by Gasteiger charge is -2.14. The first kappa shape index (κ1) is 19.3. The molecule has 0 aliphatic heterocycles. The Labute approximate surface area is 151 Å². The molecule has 0 spiro atoms. The average molecular weight is 341 g/mol. The number of nitrogens with zero attached hydrogens (tertiary/aromatic N) is 2. The zero-order chi connectivity index (χ0) is 18.4. The van der Waals surface area contributed by atoms with Gasteiger partial charge >= 0.3 is 0 Å². The van der Waals surface area contributed by atoms with Crippen LogP contribution in [0.5, 0.6) is 5.75 Å². The molecule has 25 heavy (non-hydrogen) atoms. The number of pyridine rings is 1. The molecule has 2 aromatic rings. The third kappa shape index (κ3) is 5.46. The maximum atomic E-state index is 10.4. The first-order valence-electron chi connectivity index (χ1n) is 9.11. The van der Waals surface area contributed by atoms with E-state index in [4.69, 9.17) is 5.73 Å². The summed E-state index contributed by atoms with van der Waals surface area (Å²) in [6, 6.07) is 8.12. The van der Waals surface area contributed by atoms with Crippen LogP contribution in [-0.4, -0.2) is 29.1 Å². The molecule has 0 aliphatic rings. The number of nitrogens with two attached hydrogens (primary N) is 1. The number of aromatic hydroxyl groups is 1. The molecule has 4 nitrogen and oxygen atoms in total. The van der Waals surface area contributed by atoms with E-state index >= 15 is 0 Å². The summed E-state index contributed by atoms with van der Waals surface area (Å²) in [5.74, 6) is 0.992. The van der Waals surface area contributed by atoms with Crippen molar-refractivity contribution in [2.45, 2.75) is 52.5 Å². The average Bonchev–Trinajstić information content (AvgIpc) is 2.53. The molecule has 1 aromatic carbocycles. The summed E-state index contributed by atoms with van der Waals surface area (Å²) in [6.45, 7) is 5.00. The predicted octanol–water partition coefficient (Wildman–Crippen LogP) is 4.06. The number of aromatic nitrogens is 1. The van der Waals surface area contributed by atoms with E-state index in [9.17, 15) is 5.11 Å². The molecule has 0 saturated heterocycles. The van der Waals surface area contributed by atoms with Gasteiger partial charge in [0.25, 0.3) is 0 Å². The van der Waals surface area contributed by atoms with Gasteiger partial charge in [-0.3, -0.25) is 0 Å². The van der Waals surface area contributed by atoms with Crippen LogP contribution in [-0.2, 0) is 19.4 Å². The normalized spacial score (nSPS) is 11.2. The Morgan fingerprint density at radius 2 is 1.84 bits per heavy atom. The SMILES string of the molecule is CCCCCc1cc(Cc2ccc(CN(C)C)cc2O)c(C)nc1N. The first-order chi connectivity index (χ1) is 11.9. The van der Waals surface area contributed by atoms with E-state index in [0.29, 0.717) is 18.0 Å². The van der Waals surface area contributed by atoms with Gasteiger partial charge in [-0.2, -0.15) is 0 Å². The molecule has 0 radical (unpaired) electrons. The van der Waals surface area contributed by atoms with E-state index in [0.717, 1.165) is 47.3 Å². The molecule has 0 atom stereocenters. The van der Waals surface area contributed by atoms with Crippen molar-refractivity contribution in [1.82, 2.24) is 9.88 Å². The molecular weight excluding hydrogens is 310 g/mol. The van der Waals surface area contributed by atoms with E-state index in [1.54, 1.807) is 0 Å². The van der Waals surface area contributed by atoms with Crippen LogP contribution in [0.1, 0.15) is 54.1 Å². The Morgan fingerprint density at radius 1 is 1.08 bits per heavy atom. The van der Waals surface area contributed by atoms with E-state index in [1.165, 1.54) is 12.8 Å². The molecule has 1 aromatic heterocycles. The Kier molecular flexibility index (Phi) is 6.82. The molecule has 4 heteroatoms. The number of aryl methyl sites for hydroxylation is 2. The summed E-state index contributed by atoms with van der Waals surface area (Å²) in [6.07, 6.45) is 5.17. The van der Waals surface area contributed by atoms with Gasteiger partial charge in [-0.15, -0.1) is 0 Å². The molecule has 0 saturated carbocycles. The van der Waals surface area contributed by atoms with E-state index < -0.39 is 0 Å². The van der Waals surface area contributed by atoms with E-state index in [1.807, 2.05) is 33.2 Å². The van der Waals surface area contributed by atoms with Crippen molar-refractivity contribution in [1.29, 1.82) is 0 Å². The van der Waals surface area contributed by atoms with Crippen LogP contribution in [0.3, 0.4) is 0 Å². The maximum Gasteiger partial charge on any atom is 0.126 e. The summed E-state index contributed by atoms with van der Waals surface area (Å²) in [5.41, 5.74) is 11.3. The fourth-order valence-electron chi connectivity index (χ4n) is 3.09. The van der Waals surface area contributed by atoms with Gasteiger partial charge in [-0.25, -0.2) is 4.98 Å². The van der Waals surface area contributed by atoms with Crippen LogP contribution >= 0.6 is 0 Å². The van der Waals surface area contributed by atoms with Crippen molar-refractivity contribution in [2.75, 3.05) is 19.8 Å². The molecule has 136 valence electrons. The van der Waals surface area contributed by atoms with Crippen LogP contribution in [0.2, 0.25) is 0 Å². The fraction of sp³-hybridized carbons (Fsp3) is 0.476. The molecule has 0 unspecified atom stereocenters. The minimum absolute atomic E-state index is 0.350. The number of unbranched alkanes of at least 4 members (excludes halogenated alkanes) is 2. The van der Waals surface area contributed by atoms with Gasteiger partial charge in [-0.05, 0) is 62.2 Å². The number of nitrogen functional groups attached to an aromatic ring is 1. The molecule has 1 heterocycles. The lowest BCUT2D eigenvalue weighted by atomic mass is 9.98. The first-order valence-corrected chi connectivity index (χ1v) is 9.11. The molecule has 0 fully saturated rings. The highest BCUT2D eigenvalue weighted by Crippen LogP contribution is 2.25. The van der Waals surface area contributed by atoms with Crippen LogP contribution < -0.4 is 5.73 Å². The lowest BCUT2D eigenvalue weighted by Crippen LogP contribution is -2.10. The quantitative estimate of drug-likeness (QED) is 0.711. The Hall–Kier alpha value is -2.07. The van der Waals surface area contributed by atoms with E-state index in [-0.39, 0.29) is 0 Å². The van der Waals surface area contributed by atoms with Crippen molar-refractivity contribution >= 4 is 5.82 Å². The monoisotopic (exact) mass is 341 g/mol. The van der Waals surface area contributed by atoms with Gasteiger partial charge in [0.1, 0.15) is 11.6 Å². The highest BCUT2D eigenvalue weighted by Gasteiger charge is 2.11. The topological polar surface area (TPSA) is 62.4 Å². The second-order valence-corrected chi connectivity index (χ2v) is 7.11. The van der Waals surface area contributed by atoms with Crippen molar-refractivity contribution in [3.63, 3.8) is 0 Å². The van der Waals surface area contributed by atoms with Gasteiger partial charge in [0.15, 0.2) is 0 Å². The van der Waals surface area contributed by atoms with Gasteiger partial charge in [0.2, 0.25) is 0 Å². The standard InChI is InChI=1S/C21H31N3O/c1-5-6-7-8-18-13-19(15(2)23-21(18)22)12-17-10-9-16(11-20(17)25)14-24(3)4/h9-11,13,25H,5-8,12,14H2,1-4H3,(H2,22,23). The third-order valence-corrected chi connectivity index (χ3v) is 4.51. The second kappa shape index (κ2) is 8.86. The number of anilines is 1. The van der Waals surface area contributed by atoms with Gasteiger partial charge in [-0.1, -0.05) is 38.0 Å². The summed E-state index contributed by atoms with van der Waals surface area (Å²) >= 11 is 0. The van der Waals surface area contributed by atoms with Gasteiger partial charge < -0.3 is 15.7 Å². The number of phenolic OH excluding ortho intramolecular Hbond substituents is 1. The Balaban J connectivity index is 2.20. The second-order valence-electron chi connectivity index (χ2n) is 7.11. The molecule has 3 N–H and O–H groups in total. The molecule has 0 aliphatic carbocycles. The summed E-state index contributed by atoms with van der Waals surface area (Å²) in [5, 5.41) is 10.4. The highest BCUT2D eigenvalue weighted by molar-refractivity contribution is 5.47. The third-order valence-electron chi connectivity index (χ3n) is 4.51. The molecule has 0 amide bonds. The molecule has 2 rings (SSSR count). The summed E-state index contributed by atoms with van der Waals surface area (Å²) in [7, 11) is 4.04. The van der Waals surface area contributed by atoms with Crippen LogP contribution in [0.25, 0.3) is 0 Å². The number of hydrogen-bond donors (Lipinski definition) is 2. The predicted molar refractivity (Wildman–Crippen MR) is 105 cm³/mol. The molecule has 0 bridgehead atoms. The minimum atomic E-state index is 0.350. The van der Waals surface area contributed by atoms with Crippen molar-refractivity contribution in [2.24, 2.45) is 0 Å². The maximum absolute atomic E-state index is 10.4. The zero-order valence-electron chi connectivity index (χ0n) is 16.0. The number of hydrogen-bond acceptors (Lipinski definition) is 4. The number of rotatable bonds is 8. The van der Waals surface area contributed by atoms with Crippen LogP contribution in [0, 0.1) is 6.92 Å². The fourth-order valence-corrected chi connectivity index (χ4v) is 3.09. The lowest BCUT2D eigenvalue weighted by molar-refractivity contribution is 0.400. The largest absolute Gasteiger partial charge is 0.508 e. The zero-order valence-corrected chi connectivity index (χ0v) is 16.0. The van der Waals surface area contributed by atoms with Gasteiger partial charge in [0, 0.05) is 18.7 Å². The van der Waals surface area contributed by atoms with Crippen LogP contribution in [0.4, 0.5) is 5.82 Å². The van der Waals surface area contributed by atoms with Crippen molar-refractivity contribution in [3.05, 3.63) is 52.2 Å². The van der Waals surface area contributed by atoms with Gasteiger partial charge in [0.05, 0.1) is 0 Å². The van der Waals surface area contributed by atoms with Crippen LogP contribution in [0.15, 0.2) is 24.3 Å². The van der Waals surface area contributed by atoms with Crippen molar-refractivity contribution < 1.29 is 5.11 Å².